The highest BCUT2D eigenvalue weighted by Gasteiger charge is 2.33. The molecule has 2 aromatic carbocycles. The lowest BCUT2D eigenvalue weighted by atomic mass is 10.0. The summed E-state index contributed by atoms with van der Waals surface area (Å²) in [5.41, 5.74) is 2.26. The van der Waals surface area contributed by atoms with Gasteiger partial charge < -0.3 is 0 Å². The minimum absolute atomic E-state index is 0.0824. The number of hydrogen-bond donors (Lipinski definition) is 0. The van der Waals surface area contributed by atoms with E-state index in [1.807, 2.05) is 25.1 Å². The molecule has 0 N–H and O–H groups in total. The van der Waals surface area contributed by atoms with Gasteiger partial charge in [0.1, 0.15) is 0 Å². The van der Waals surface area contributed by atoms with Gasteiger partial charge in [0.2, 0.25) is 10.0 Å². The van der Waals surface area contributed by atoms with Crippen molar-refractivity contribution < 1.29 is 8.42 Å². The van der Waals surface area contributed by atoms with Crippen LogP contribution in [0.25, 0.3) is 0 Å². The van der Waals surface area contributed by atoms with Gasteiger partial charge in [-0.1, -0.05) is 58.6 Å². The summed E-state index contributed by atoms with van der Waals surface area (Å²) < 4.78 is 29.0. The Kier molecular flexibility index (Phi) is 5.42. The molecule has 1 atom stereocenters. The number of rotatable bonds is 3. The van der Waals surface area contributed by atoms with Crippen LogP contribution in [0.1, 0.15) is 42.9 Å². The van der Waals surface area contributed by atoms with Gasteiger partial charge in [-0.05, 0) is 49.6 Å². The number of hydrogen-bond acceptors (Lipinski definition) is 2. The molecule has 0 saturated carbocycles. The van der Waals surface area contributed by atoms with E-state index >= 15 is 0 Å². The second-order valence-corrected chi connectivity index (χ2v) is 9.16. The van der Waals surface area contributed by atoms with Crippen LogP contribution in [0.5, 0.6) is 0 Å². The Labute approximate surface area is 152 Å². The van der Waals surface area contributed by atoms with Crippen LogP contribution in [-0.2, 0) is 10.0 Å². The van der Waals surface area contributed by atoms with Crippen molar-refractivity contribution in [3.05, 3.63) is 64.1 Å². The molecule has 0 amide bonds. The topological polar surface area (TPSA) is 37.4 Å². The molecule has 1 heterocycles. The maximum Gasteiger partial charge on any atom is 0.243 e. The summed E-state index contributed by atoms with van der Waals surface area (Å²) in [5, 5.41) is 0. The molecule has 1 fully saturated rings. The van der Waals surface area contributed by atoms with Crippen LogP contribution in [0.3, 0.4) is 0 Å². The molecule has 1 saturated heterocycles. The van der Waals surface area contributed by atoms with E-state index in [1.165, 1.54) is 0 Å². The highest BCUT2D eigenvalue weighted by atomic mass is 79.9. The molecule has 0 aliphatic carbocycles. The van der Waals surface area contributed by atoms with Crippen LogP contribution < -0.4 is 0 Å². The van der Waals surface area contributed by atoms with E-state index < -0.39 is 10.0 Å². The lowest BCUT2D eigenvalue weighted by Gasteiger charge is -2.29. The van der Waals surface area contributed by atoms with Gasteiger partial charge in [-0.25, -0.2) is 8.42 Å². The zero-order valence-electron chi connectivity index (χ0n) is 13.8. The van der Waals surface area contributed by atoms with E-state index in [9.17, 15) is 8.42 Å². The Morgan fingerprint density at radius 3 is 2.50 bits per heavy atom. The molecule has 0 bridgehead atoms. The van der Waals surface area contributed by atoms with Gasteiger partial charge >= 0.3 is 0 Å². The average molecular weight is 408 g/mol. The Balaban J connectivity index is 2.02. The monoisotopic (exact) mass is 407 g/mol. The zero-order valence-corrected chi connectivity index (χ0v) is 16.2. The Bertz CT molecular complexity index is 802. The molecule has 24 heavy (non-hydrogen) atoms. The summed E-state index contributed by atoms with van der Waals surface area (Å²) >= 11 is 3.37. The van der Waals surface area contributed by atoms with Crippen molar-refractivity contribution in [2.45, 2.75) is 43.5 Å². The lowest BCUT2D eigenvalue weighted by Crippen LogP contribution is -2.34. The lowest BCUT2D eigenvalue weighted by molar-refractivity contribution is 0.329. The van der Waals surface area contributed by atoms with Crippen LogP contribution in [0, 0.1) is 6.92 Å². The van der Waals surface area contributed by atoms with E-state index in [0.717, 1.165) is 41.3 Å². The number of benzene rings is 2. The van der Waals surface area contributed by atoms with E-state index in [2.05, 4.69) is 22.0 Å². The molecule has 3 nitrogen and oxygen atoms in total. The van der Waals surface area contributed by atoms with Gasteiger partial charge in [-0.3, -0.25) is 0 Å². The van der Waals surface area contributed by atoms with E-state index in [0.29, 0.717) is 11.4 Å². The standard InChI is InChI=1S/C19H22BrNO2S/c1-15-6-5-7-16(14-15)19-8-3-2-4-13-21(19)24(22,23)18-11-9-17(20)10-12-18/h5-7,9-12,14,19H,2-4,8,13H2,1H3. The van der Waals surface area contributed by atoms with E-state index in [-0.39, 0.29) is 6.04 Å². The van der Waals surface area contributed by atoms with Gasteiger partial charge in [0.05, 0.1) is 10.9 Å². The third-order valence-electron chi connectivity index (χ3n) is 4.55. The molecule has 1 aliphatic heterocycles. The van der Waals surface area contributed by atoms with Crippen LogP contribution >= 0.6 is 15.9 Å². The average Bonchev–Trinajstić information content (AvgIpc) is 2.81. The molecule has 128 valence electrons. The Morgan fingerprint density at radius 1 is 1.04 bits per heavy atom. The van der Waals surface area contributed by atoms with Crippen LogP contribution in [0.15, 0.2) is 57.9 Å². The van der Waals surface area contributed by atoms with Gasteiger partial charge in [0, 0.05) is 11.0 Å². The molecule has 2 aromatic rings. The predicted molar refractivity (Wildman–Crippen MR) is 100 cm³/mol. The molecule has 0 spiro atoms. The summed E-state index contributed by atoms with van der Waals surface area (Å²) in [5.74, 6) is 0. The van der Waals surface area contributed by atoms with Crippen molar-refractivity contribution in [2.75, 3.05) is 6.54 Å². The minimum Gasteiger partial charge on any atom is -0.207 e. The fourth-order valence-electron chi connectivity index (χ4n) is 3.32. The Morgan fingerprint density at radius 2 is 1.79 bits per heavy atom. The van der Waals surface area contributed by atoms with E-state index in [4.69, 9.17) is 0 Å². The van der Waals surface area contributed by atoms with Gasteiger partial charge in [-0.2, -0.15) is 4.31 Å². The summed E-state index contributed by atoms with van der Waals surface area (Å²) in [4.78, 5) is 0.366. The van der Waals surface area contributed by atoms with Crippen LogP contribution in [-0.4, -0.2) is 19.3 Å². The molecule has 0 aromatic heterocycles. The molecule has 3 rings (SSSR count). The molecular weight excluding hydrogens is 386 g/mol. The maximum atomic E-state index is 13.2. The molecule has 1 unspecified atom stereocenters. The zero-order chi connectivity index (χ0) is 17.2. The van der Waals surface area contributed by atoms with Gasteiger partial charge in [-0.15, -0.1) is 0 Å². The van der Waals surface area contributed by atoms with Crippen molar-refractivity contribution in [3.63, 3.8) is 0 Å². The molecule has 1 aliphatic rings. The third kappa shape index (κ3) is 3.73. The quantitative estimate of drug-likeness (QED) is 0.712. The minimum atomic E-state index is -3.50. The molecule has 5 heteroatoms. The van der Waals surface area contributed by atoms with Crippen molar-refractivity contribution in [1.29, 1.82) is 0 Å². The molecule has 0 radical (unpaired) electrons. The highest BCUT2D eigenvalue weighted by Crippen LogP contribution is 2.35. The second kappa shape index (κ2) is 7.38. The summed E-state index contributed by atoms with van der Waals surface area (Å²) in [6.45, 7) is 2.63. The van der Waals surface area contributed by atoms with E-state index in [1.54, 1.807) is 28.6 Å². The highest BCUT2D eigenvalue weighted by molar-refractivity contribution is 9.10. The fourth-order valence-corrected chi connectivity index (χ4v) is 5.27. The Hall–Kier alpha value is -1.17. The summed E-state index contributed by atoms with van der Waals surface area (Å²) in [6, 6.07) is 15.1. The van der Waals surface area contributed by atoms with Crippen LogP contribution in [0.2, 0.25) is 0 Å². The summed E-state index contributed by atoms with van der Waals surface area (Å²) in [6.07, 6.45) is 3.93. The van der Waals surface area contributed by atoms with Crippen molar-refractivity contribution in [2.24, 2.45) is 0 Å². The largest absolute Gasteiger partial charge is 0.243 e. The number of nitrogens with zero attached hydrogens (tertiary/aromatic N) is 1. The number of sulfonamides is 1. The normalized spacial score (nSPS) is 19.8. The van der Waals surface area contributed by atoms with Crippen molar-refractivity contribution >= 4 is 26.0 Å². The second-order valence-electron chi connectivity index (χ2n) is 6.35. The predicted octanol–water partition coefficient (Wildman–Crippen LogP) is 5.06. The SMILES string of the molecule is Cc1cccc(C2CCCCCN2S(=O)(=O)c2ccc(Br)cc2)c1. The summed E-state index contributed by atoms with van der Waals surface area (Å²) in [7, 11) is -3.50. The number of aryl methyl sites for hydroxylation is 1. The van der Waals surface area contributed by atoms with Crippen molar-refractivity contribution in [3.8, 4) is 0 Å². The first kappa shape index (κ1) is 17.6. The first-order valence-corrected chi connectivity index (χ1v) is 10.6. The third-order valence-corrected chi connectivity index (χ3v) is 7.00. The fraction of sp³-hybridized carbons (Fsp3) is 0.368. The smallest absolute Gasteiger partial charge is 0.207 e. The van der Waals surface area contributed by atoms with Gasteiger partial charge in [0.15, 0.2) is 0 Å². The maximum absolute atomic E-state index is 13.2. The van der Waals surface area contributed by atoms with Crippen LogP contribution in [0.4, 0.5) is 0 Å². The first-order chi connectivity index (χ1) is 11.5. The molecular formula is C19H22BrNO2S. The van der Waals surface area contributed by atoms with Crippen molar-refractivity contribution in [1.82, 2.24) is 4.31 Å². The van der Waals surface area contributed by atoms with Gasteiger partial charge in [0.25, 0.3) is 0 Å². The number of halogens is 1. The first-order valence-electron chi connectivity index (χ1n) is 8.32.